The predicted octanol–water partition coefficient (Wildman–Crippen LogP) is 1.44. The molecule has 1 aromatic carbocycles. The zero-order valence-corrected chi connectivity index (χ0v) is 12.6. The molecule has 0 radical (unpaired) electrons. The Labute approximate surface area is 122 Å². The first-order chi connectivity index (χ1) is 9.75. The summed E-state index contributed by atoms with van der Waals surface area (Å²) in [5, 5.41) is 19.7. The monoisotopic (exact) mass is 320 g/mol. The van der Waals surface area contributed by atoms with Crippen LogP contribution in [-0.2, 0) is 10.0 Å². The Morgan fingerprint density at radius 2 is 2.00 bits per heavy atom. The largest absolute Gasteiger partial charge is 0.395 e. The van der Waals surface area contributed by atoms with Gasteiger partial charge in [0.1, 0.15) is 0 Å². The summed E-state index contributed by atoms with van der Waals surface area (Å²) in [6.45, 7) is 2.79. The van der Waals surface area contributed by atoms with Crippen LogP contribution in [0.15, 0.2) is 17.0 Å². The maximum absolute atomic E-state index is 13.5. The Hall–Kier alpha value is -1.58. The molecule has 0 amide bonds. The summed E-state index contributed by atoms with van der Waals surface area (Å²) in [6, 6.07) is 1.55. The van der Waals surface area contributed by atoms with Crippen molar-refractivity contribution in [3.05, 3.63) is 33.6 Å². The van der Waals surface area contributed by atoms with Gasteiger partial charge in [0.15, 0.2) is 0 Å². The third kappa shape index (κ3) is 3.74. The van der Waals surface area contributed by atoms with Gasteiger partial charge in [-0.2, -0.15) is 8.70 Å². The summed E-state index contributed by atoms with van der Waals surface area (Å²) in [5.74, 6) is -1.08. The molecule has 0 aliphatic carbocycles. The lowest BCUT2D eigenvalue weighted by Crippen LogP contribution is -2.34. The molecule has 21 heavy (non-hydrogen) atoms. The van der Waals surface area contributed by atoms with Gasteiger partial charge >= 0.3 is 5.69 Å². The van der Waals surface area contributed by atoms with Crippen LogP contribution in [0.1, 0.15) is 18.9 Å². The normalized spacial score (nSPS) is 11.9. The van der Waals surface area contributed by atoms with Crippen molar-refractivity contribution in [3.8, 4) is 0 Å². The molecule has 0 unspecified atom stereocenters. The van der Waals surface area contributed by atoms with E-state index >= 15 is 0 Å². The second-order valence-electron chi connectivity index (χ2n) is 4.45. The molecule has 0 bridgehead atoms. The first kappa shape index (κ1) is 17.5. The van der Waals surface area contributed by atoms with Crippen LogP contribution in [0.25, 0.3) is 0 Å². The number of aliphatic hydroxyl groups excluding tert-OH is 1. The molecule has 7 nitrogen and oxygen atoms in total. The fourth-order valence-corrected chi connectivity index (χ4v) is 3.66. The van der Waals surface area contributed by atoms with E-state index in [-0.39, 0.29) is 30.2 Å². The molecule has 1 rings (SSSR count). The molecule has 1 aromatic rings. The zero-order valence-electron chi connectivity index (χ0n) is 11.7. The number of halogens is 1. The van der Waals surface area contributed by atoms with Gasteiger partial charge in [0.25, 0.3) is 0 Å². The van der Waals surface area contributed by atoms with Crippen molar-refractivity contribution < 1.29 is 22.8 Å². The molecule has 0 saturated carbocycles. The van der Waals surface area contributed by atoms with Gasteiger partial charge in [0, 0.05) is 19.2 Å². The fourth-order valence-electron chi connectivity index (χ4n) is 1.91. The van der Waals surface area contributed by atoms with E-state index in [4.69, 9.17) is 5.11 Å². The zero-order chi connectivity index (χ0) is 16.2. The molecule has 0 atom stereocenters. The highest BCUT2D eigenvalue weighted by Gasteiger charge is 2.29. The lowest BCUT2D eigenvalue weighted by Gasteiger charge is -2.21. The summed E-state index contributed by atoms with van der Waals surface area (Å²) in [5.41, 5.74) is -0.809. The number of aliphatic hydroxyl groups is 1. The number of rotatable bonds is 7. The molecule has 0 heterocycles. The maximum atomic E-state index is 13.5. The van der Waals surface area contributed by atoms with Crippen molar-refractivity contribution in [1.82, 2.24) is 4.31 Å². The van der Waals surface area contributed by atoms with Crippen LogP contribution in [-0.4, -0.2) is 42.4 Å². The molecule has 0 aromatic heterocycles. The Balaban J connectivity index is 3.42. The first-order valence-corrected chi connectivity index (χ1v) is 7.75. The van der Waals surface area contributed by atoms with E-state index in [0.717, 1.165) is 16.4 Å². The number of benzene rings is 1. The Morgan fingerprint density at radius 1 is 1.38 bits per heavy atom. The van der Waals surface area contributed by atoms with E-state index in [1.807, 2.05) is 0 Å². The van der Waals surface area contributed by atoms with E-state index in [9.17, 15) is 22.9 Å². The molecule has 118 valence electrons. The third-order valence-corrected chi connectivity index (χ3v) is 4.92. The van der Waals surface area contributed by atoms with E-state index in [0.29, 0.717) is 6.42 Å². The fraction of sp³-hybridized carbons (Fsp3) is 0.500. The van der Waals surface area contributed by atoms with Gasteiger partial charge in [-0.15, -0.1) is 0 Å². The highest BCUT2D eigenvalue weighted by molar-refractivity contribution is 7.89. The number of nitro benzene ring substituents is 1. The number of hydrogen-bond acceptors (Lipinski definition) is 5. The van der Waals surface area contributed by atoms with Gasteiger partial charge in [-0.05, 0) is 25.0 Å². The molecule has 9 heteroatoms. The van der Waals surface area contributed by atoms with Gasteiger partial charge in [-0.1, -0.05) is 6.92 Å². The second kappa shape index (κ2) is 6.92. The lowest BCUT2D eigenvalue weighted by atomic mass is 10.2. The minimum absolute atomic E-state index is 0.0807. The lowest BCUT2D eigenvalue weighted by molar-refractivity contribution is -0.387. The minimum Gasteiger partial charge on any atom is -0.395 e. The van der Waals surface area contributed by atoms with Crippen LogP contribution in [0.3, 0.4) is 0 Å². The summed E-state index contributed by atoms with van der Waals surface area (Å²) in [4.78, 5) is 9.46. The average molecular weight is 320 g/mol. The van der Waals surface area contributed by atoms with Gasteiger partial charge in [-0.3, -0.25) is 10.1 Å². The quantitative estimate of drug-likeness (QED) is 0.605. The Kier molecular flexibility index (Phi) is 5.76. The van der Waals surface area contributed by atoms with Crippen molar-refractivity contribution in [1.29, 1.82) is 0 Å². The highest BCUT2D eigenvalue weighted by atomic mass is 32.2. The van der Waals surface area contributed by atoms with Gasteiger partial charge in [0.05, 0.1) is 16.4 Å². The predicted molar refractivity (Wildman–Crippen MR) is 73.9 cm³/mol. The van der Waals surface area contributed by atoms with Gasteiger partial charge < -0.3 is 5.11 Å². The van der Waals surface area contributed by atoms with Crippen LogP contribution < -0.4 is 0 Å². The topological polar surface area (TPSA) is 101 Å². The SMILES string of the molecule is CCCN(CCO)S(=O)(=O)c1cc([N+](=O)[O-])c(F)cc1C. The molecule has 0 saturated heterocycles. The minimum atomic E-state index is -4.03. The molecular formula is C12H17FN2O5S. The number of sulfonamides is 1. The van der Waals surface area contributed by atoms with E-state index in [1.54, 1.807) is 6.92 Å². The highest BCUT2D eigenvalue weighted by Crippen LogP contribution is 2.27. The molecule has 0 aliphatic heterocycles. The summed E-state index contributed by atoms with van der Waals surface area (Å²) >= 11 is 0. The van der Waals surface area contributed by atoms with Crippen molar-refractivity contribution >= 4 is 15.7 Å². The maximum Gasteiger partial charge on any atom is 0.306 e. The van der Waals surface area contributed by atoms with E-state index in [1.165, 1.54) is 6.92 Å². The van der Waals surface area contributed by atoms with Crippen LogP contribution >= 0.6 is 0 Å². The first-order valence-electron chi connectivity index (χ1n) is 6.31. The summed E-state index contributed by atoms with van der Waals surface area (Å²) < 4.78 is 39.5. The number of aryl methyl sites for hydroxylation is 1. The second-order valence-corrected chi connectivity index (χ2v) is 6.36. The van der Waals surface area contributed by atoms with Crippen molar-refractivity contribution in [3.63, 3.8) is 0 Å². The van der Waals surface area contributed by atoms with Crippen molar-refractivity contribution in [2.45, 2.75) is 25.2 Å². The standard InChI is InChI=1S/C12H17FN2O5S/c1-3-4-14(5-6-16)21(19,20)12-8-11(15(17)18)10(13)7-9(12)2/h7-8,16H,3-6H2,1-2H3. The number of nitro groups is 1. The van der Waals surface area contributed by atoms with Crippen LogP contribution in [0.2, 0.25) is 0 Å². The van der Waals surface area contributed by atoms with E-state index in [2.05, 4.69) is 0 Å². The summed E-state index contributed by atoms with van der Waals surface area (Å²) in [7, 11) is -4.03. The van der Waals surface area contributed by atoms with Gasteiger partial charge in [0.2, 0.25) is 15.8 Å². The number of nitrogens with zero attached hydrogens (tertiary/aromatic N) is 2. The Bertz CT molecular complexity index is 627. The molecule has 0 spiro atoms. The van der Waals surface area contributed by atoms with Crippen LogP contribution in [0.4, 0.5) is 10.1 Å². The van der Waals surface area contributed by atoms with Gasteiger partial charge in [-0.25, -0.2) is 8.42 Å². The smallest absolute Gasteiger partial charge is 0.306 e. The van der Waals surface area contributed by atoms with E-state index < -0.39 is 26.5 Å². The Morgan fingerprint density at radius 3 is 2.48 bits per heavy atom. The molecule has 1 N–H and O–H groups in total. The summed E-state index contributed by atoms with van der Waals surface area (Å²) in [6.07, 6.45) is 0.515. The van der Waals surface area contributed by atoms with Crippen LogP contribution in [0.5, 0.6) is 0 Å². The van der Waals surface area contributed by atoms with Crippen LogP contribution in [0, 0.1) is 22.9 Å². The molecule has 0 aliphatic rings. The van der Waals surface area contributed by atoms with Crippen molar-refractivity contribution in [2.75, 3.05) is 19.7 Å². The third-order valence-electron chi connectivity index (χ3n) is 2.88. The number of hydrogen-bond donors (Lipinski definition) is 1. The van der Waals surface area contributed by atoms with Crippen molar-refractivity contribution in [2.24, 2.45) is 0 Å². The molecular weight excluding hydrogens is 303 g/mol. The average Bonchev–Trinajstić information content (AvgIpc) is 2.37. The molecule has 0 fully saturated rings.